The molecule has 0 bridgehead atoms. The molecule has 0 aromatic rings. The molecule has 0 amide bonds. The summed E-state index contributed by atoms with van der Waals surface area (Å²) in [5, 5.41) is 3.71. The van der Waals surface area contributed by atoms with Crippen molar-refractivity contribution >= 4 is 0 Å². The Morgan fingerprint density at radius 1 is 1.47 bits per heavy atom. The summed E-state index contributed by atoms with van der Waals surface area (Å²) in [6.07, 6.45) is 5.27. The van der Waals surface area contributed by atoms with Gasteiger partial charge in [-0.15, -0.1) is 0 Å². The molecule has 2 unspecified atom stereocenters. The van der Waals surface area contributed by atoms with Crippen molar-refractivity contribution in [3.8, 4) is 0 Å². The van der Waals surface area contributed by atoms with E-state index in [1.165, 1.54) is 38.8 Å². The molecule has 2 fully saturated rings. The van der Waals surface area contributed by atoms with Crippen molar-refractivity contribution < 1.29 is 4.74 Å². The van der Waals surface area contributed by atoms with Crippen molar-refractivity contribution in [2.24, 2.45) is 0 Å². The molecular weight excluding hydrogens is 188 g/mol. The summed E-state index contributed by atoms with van der Waals surface area (Å²) in [6, 6.07) is 0.699. The Balaban J connectivity index is 2.09. The quantitative estimate of drug-likeness (QED) is 0.759. The fraction of sp³-hybridized carbons (Fsp3) is 1.00. The zero-order valence-electron chi connectivity index (χ0n) is 10.1. The van der Waals surface area contributed by atoms with Crippen LogP contribution in [0.3, 0.4) is 0 Å². The van der Waals surface area contributed by atoms with Gasteiger partial charge >= 0.3 is 0 Å². The Morgan fingerprint density at radius 3 is 2.93 bits per heavy atom. The van der Waals surface area contributed by atoms with Crippen LogP contribution in [-0.2, 0) is 4.74 Å². The van der Waals surface area contributed by atoms with E-state index in [1.807, 2.05) is 7.11 Å². The van der Waals surface area contributed by atoms with Gasteiger partial charge < -0.3 is 10.1 Å². The van der Waals surface area contributed by atoms with E-state index in [1.54, 1.807) is 0 Å². The first-order chi connectivity index (χ1) is 7.32. The Kier molecular flexibility index (Phi) is 3.65. The lowest BCUT2D eigenvalue weighted by molar-refractivity contribution is 0.0595. The second-order valence-electron chi connectivity index (χ2n) is 4.91. The van der Waals surface area contributed by atoms with Crippen molar-refractivity contribution in [3.63, 3.8) is 0 Å². The highest BCUT2D eigenvalue weighted by Gasteiger charge is 2.45. The molecule has 2 saturated heterocycles. The second kappa shape index (κ2) is 4.81. The predicted octanol–water partition coefficient (Wildman–Crippen LogP) is 1.24. The number of methoxy groups -OCH3 is 1. The van der Waals surface area contributed by atoms with Crippen molar-refractivity contribution in [2.75, 3.05) is 33.4 Å². The fourth-order valence-electron chi connectivity index (χ4n) is 3.42. The minimum absolute atomic E-state index is 0.251. The number of hydrogen-bond donors (Lipinski definition) is 1. The van der Waals surface area contributed by atoms with Gasteiger partial charge in [-0.05, 0) is 45.3 Å². The first kappa shape index (κ1) is 11.4. The molecule has 0 saturated carbocycles. The van der Waals surface area contributed by atoms with Gasteiger partial charge in [0.2, 0.25) is 0 Å². The second-order valence-corrected chi connectivity index (χ2v) is 4.91. The van der Waals surface area contributed by atoms with E-state index < -0.39 is 0 Å². The molecule has 0 aliphatic carbocycles. The minimum Gasteiger partial charge on any atom is -0.383 e. The van der Waals surface area contributed by atoms with Crippen LogP contribution in [0.15, 0.2) is 0 Å². The Hall–Kier alpha value is -0.120. The van der Waals surface area contributed by atoms with Crippen LogP contribution in [-0.4, -0.2) is 49.8 Å². The predicted molar refractivity (Wildman–Crippen MR) is 62.1 cm³/mol. The molecule has 2 heterocycles. The summed E-state index contributed by atoms with van der Waals surface area (Å²) < 4.78 is 5.45. The molecule has 0 spiro atoms. The number of nitrogens with one attached hydrogen (secondary N) is 1. The molecule has 2 rings (SSSR count). The minimum atomic E-state index is 0.251. The van der Waals surface area contributed by atoms with Gasteiger partial charge in [0.15, 0.2) is 0 Å². The van der Waals surface area contributed by atoms with Crippen molar-refractivity contribution in [1.82, 2.24) is 10.2 Å². The van der Waals surface area contributed by atoms with Crippen LogP contribution in [0.2, 0.25) is 0 Å². The third-order valence-corrected chi connectivity index (χ3v) is 4.09. The van der Waals surface area contributed by atoms with E-state index >= 15 is 0 Å². The number of hydrogen-bond acceptors (Lipinski definition) is 3. The Bertz CT molecular complexity index is 202. The van der Waals surface area contributed by atoms with Crippen LogP contribution in [0.4, 0.5) is 0 Å². The first-order valence-electron chi connectivity index (χ1n) is 6.30. The van der Waals surface area contributed by atoms with Gasteiger partial charge in [-0.3, -0.25) is 4.90 Å². The van der Waals surface area contributed by atoms with Crippen LogP contribution in [0, 0.1) is 0 Å². The van der Waals surface area contributed by atoms with Crippen LogP contribution in [0.5, 0.6) is 0 Å². The molecule has 0 radical (unpaired) electrons. The first-order valence-corrected chi connectivity index (χ1v) is 6.30. The van der Waals surface area contributed by atoms with Crippen LogP contribution >= 0.6 is 0 Å². The third kappa shape index (κ3) is 2.05. The van der Waals surface area contributed by atoms with Gasteiger partial charge in [0, 0.05) is 13.2 Å². The lowest BCUT2D eigenvalue weighted by Gasteiger charge is -2.40. The summed E-state index contributed by atoms with van der Waals surface area (Å²) >= 11 is 0. The summed E-state index contributed by atoms with van der Waals surface area (Å²) in [7, 11) is 1.83. The highest BCUT2D eigenvalue weighted by Crippen LogP contribution is 2.33. The smallest absolute Gasteiger partial charge is 0.0659 e. The largest absolute Gasteiger partial charge is 0.383 e. The normalized spacial score (nSPS) is 37.6. The van der Waals surface area contributed by atoms with Gasteiger partial charge in [-0.1, -0.05) is 6.92 Å². The van der Waals surface area contributed by atoms with Crippen LogP contribution in [0.25, 0.3) is 0 Å². The van der Waals surface area contributed by atoms with Gasteiger partial charge in [0.05, 0.1) is 12.1 Å². The molecular formula is C12H24N2O. The van der Waals surface area contributed by atoms with Crippen molar-refractivity contribution in [3.05, 3.63) is 0 Å². The standard InChI is InChI=1S/C12H24N2O/c1-3-14-9-4-6-11(14)12(10-15-2)7-5-8-13-12/h11,13H,3-10H2,1-2H3. The van der Waals surface area contributed by atoms with E-state index in [4.69, 9.17) is 4.74 Å². The maximum atomic E-state index is 5.45. The summed E-state index contributed by atoms with van der Waals surface area (Å²) in [5.41, 5.74) is 0.251. The van der Waals surface area contributed by atoms with Gasteiger partial charge in [0.1, 0.15) is 0 Å². The van der Waals surface area contributed by atoms with Crippen LogP contribution in [0.1, 0.15) is 32.6 Å². The third-order valence-electron chi connectivity index (χ3n) is 4.09. The summed E-state index contributed by atoms with van der Waals surface area (Å²) in [4.78, 5) is 2.62. The molecule has 0 aromatic heterocycles. The lowest BCUT2D eigenvalue weighted by Crippen LogP contribution is -2.58. The molecule has 2 aliphatic rings. The summed E-state index contributed by atoms with van der Waals surface area (Å²) in [5.74, 6) is 0. The van der Waals surface area contributed by atoms with E-state index in [0.29, 0.717) is 6.04 Å². The topological polar surface area (TPSA) is 24.5 Å². The molecule has 3 heteroatoms. The van der Waals surface area contributed by atoms with Crippen LogP contribution < -0.4 is 5.32 Å². The van der Waals surface area contributed by atoms with E-state index in [-0.39, 0.29) is 5.54 Å². The zero-order valence-corrected chi connectivity index (χ0v) is 10.1. The average Bonchev–Trinajstić information content (AvgIpc) is 2.85. The van der Waals surface area contributed by atoms with Gasteiger partial charge in [-0.2, -0.15) is 0 Å². The maximum absolute atomic E-state index is 5.45. The van der Waals surface area contributed by atoms with Crippen molar-refractivity contribution in [2.45, 2.75) is 44.2 Å². The van der Waals surface area contributed by atoms with E-state index in [0.717, 1.165) is 13.2 Å². The monoisotopic (exact) mass is 212 g/mol. The molecule has 2 atom stereocenters. The molecule has 1 N–H and O–H groups in total. The van der Waals surface area contributed by atoms with E-state index in [9.17, 15) is 0 Å². The Labute approximate surface area is 93.2 Å². The lowest BCUT2D eigenvalue weighted by atomic mass is 9.87. The summed E-state index contributed by atoms with van der Waals surface area (Å²) in [6.45, 7) is 6.76. The Morgan fingerprint density at radius 2 is 2.33 bits per heavy atom. The molecule has 2 aliphatic heterocycles. The molecule has 0 aromatic carbocycles. The molecule has 88 valence electrons. The van der Waals surface area contributed by atoms with Gasteiger partial charge in [-0.25, -0.2) is 0 Å². The zero-order chi connectivity index (χ0) is 10.7. The highest BCUT2D eigenvalue weighted by molar-refractivity contribution is 5.05. The SMILES string of the molecule is CCN1CCCC1C1(COC)CCCN1. The average molecular weight is 212 g/mol. The number of nitrogens with zero attached hydrogens (tertiary/aromatic N) is 1. The highest BCUT2D eigenvalue weighted by atomic mass is 16.5. The number of ether oxygens (including phenoxy) is 1. The number of likely N-dealkylation sites (tertiary alicyclic amines) is 1. The fourth-order valence-corrected chi connectivity index (χ4v) is 3.42. The molecule has 3 nitrogen and oxygen atoms in total. The maximum Gasteiger partial charge on any atom is 0.0659 e. The molecule has 15 heavy (non-hydrogen) atoms. The number of likely N-dealkylation sites (N-methyl/N-ethyl adjacent to an activating group) is 1. The van der Waals surface area contributed by atoms with E-state index in [2.05, 4.69) is 17.1 Å². The van der Waals surface area contributed by atoms with Crippen molar-refractivity contribution in [1.29, 1.82) is 0 Å². The number of rotatable bonds is 4. The van der Waals surface area contributed by atoms with Gasteiger partial charge in [0.25, 0.3) is 0 Å².